The maximum atomic E-state index is 12.7. The van der Waals surface area contributed by atoms with Gasteiger partial charge in [-0.15, -0.1) is 0 Å². The summed E-state index contributed by atoms with van der Waals surface area (Å²) in [6, 6.07) is 2.02. The Morgan fingerprint density at radius 3 is 2.37 bits per heavy atom. The lowest BCUT2D eigenvalue weighted by Gasteiger charge is -2.23. The summed E-state index contributed by atoms with van der Waals surface area (Å²) in [5.74, 6) is -0.0824. The van der Waals surface area contributed by atoms with Gasteiger partial charge in [0.25, 0.3) is 0 Å². The molecular weight excluding hydrogens is 260 g/mol. The largest absolute Gasteiger partial charge is 0.488 e. The van der Waals surface area contributed by atoms with Gasteiger partial charge in [-0.1, -0.05) is 0 Å². The van der Waals surface area contributed by atoms with E-state index in [2.05, 4.69) is 10.3 Å². The number of pyridine rings is 1. The van der Waals surface area contributed by atoms with Crippen molar-refractivity contribution >= 4 is 12.6 Å². The van der Waals surface area contributed by atoms with Crippen LogP contribution < -0.4 is 10.8 Å². The van der Waals surface area contributed by atoms with Crippen molar-refractivity contribution in [2.24, 2.45) is 0 Å². The lowest BCUT2D eigenvalue weighted by Crippen LogP contribution is -2.34. The van der Waals surface area contributed by atoms with E-state index in [1.807, 2.05) is 0 Å². The smallest absolute Gasteiger partial charge is 0.423 e. The number of rotatable bonds is 2. The minimum atomic E-state index is -4.59. The van der Waals surface area contributed by atoms with Crippen LogP contribution in [0.5, 0.6) is 0 Å². The van der Waals surface area contributed by atoms with Crippen LogP contribution >= 0.6 is 0 Å². The average Bonchev–Trinajstić information content (AvgIpc) is 2.38. The van der Waals surface area contributed by atoms with E-state index in [-0.39, 0.29) is 17.1 Å². The van der Waals surface area contributed by atoms with Crippen molar-refractivity contribution in [1.82, 2.24) is 10.3 Å². The van der Waals surface area contributed by atoms with Gasteiger partial charge in [0.15, 0.2) is 0 Å². The lowest BCUT2D eigenvalue weighted by molar-refractivity contribution is -0.141. The molecule has 19 heavy (non-hydrogen) atoms. The summed E-state index contributed by atoms with van der Waals surface area (Å²) in [5.41, 5.74) is -0.970. The standard InChI is InChI=1S/C11H14BF3N2O2/c13-11(14,15)10-6-8(12(18)19)5-9(17-10)7-1-3-16-4-2-7/h5-7,16,18-19H,1-4H2. The second-order valence-electron chi connectivity index (χ2n) is 4.61. The van der Waals surface area contributed by atoms with E-state index in [1.165, 1.54) is 6.07 Å². The molecule has 0 atom stereocenters. The Balaban J connectivity index is 2.39. The zero-order chi connectivity index (χ0) is 14.0. The number of hydrogen-bond donors (Lipinski definition) is 3. The fourth-order valence-corrected chi connectivity index (χ4v) is 2.20. The van der Waals surface area contributed by atoms with Gasteiger partial charge in [-0.05, 0) is 43.5 Å². The van der Waals surface area contributed by atoms with Gasteiger partial charge in [-0.2, -0.15) is 13.2 Å². The Kier molecular flexibility index (Phi) is 4.12. The molecule has 2 heterocycles. The molecule has 0 radical (unpaired) electrons. The van der Waals surface area contributed by atoms with E-state index < -0.39 is 19.0 Å². The molecule has 1 aliphatic heterocycles. The third-order valence-corrected chi connectivity index (χ3v) is 3.21. The van der Waals surface area contributed by atoms with Crippen molar-refractivity contribution < 1.29 is 23.2 Å². The van der Waals surface area contributed by atoms with Gasteiger partial charge < -0.3 is 15.4 Å². The second-order valence-corrected chi connectivity index (χ2v) is 4.61. The van der Waals surface area contributed by atoms with Gasteiger partial charge in [0.05, 0.1) is 0 Å². The normalized spacial score (nSPS) is 17.5. The second kappa shape index (κ2) is 5.48. The Morgan fingerprint density at radius 1 is 1.21 bits per heavy atom. The van der Waals surface area contributed by atoms with Crippen LogP contribution in [0.1, 0.15) is 30.1 Å². The van der Waals surface area contributed by atoms with Crippen LogP contribution in [0.25, 0.3) is 0 Å². The Labute approximate surface area is 108 Å². The molecule has 2 rings (SSSR count). The maximum Gasteiger partial charge on any atom is 0.488 e. The molecule has 8 heteroatoms. The van der Waals surface area contributed by atoms with Crippen LogP contribution in [0.2, 0.25) is 0 Å². The lowest BCUT2D eigenvalue weighted by atomic mass is 9.78. The first-order chi connectivity index (χ1) is 8.88. The number of nitrogens with zero attached hydrogens (tertiary/aromatic N) is 1. The summed E-state index contributed by atoms with van der Waals surface area (Å²) in [6.07, 6.45) is -3.21. The predicted molar refractivity (Wildman–Crippen MR) is 63.9 cm³/mol. The highest BCUT2D eigenvalue weighted by Gasteiger charge is 2.35. The fraction of sp³-hybridized carbons (Fsp3) is 0.545. The van der Waals surface area contributed by atoms with Crippen LogP contribution in [-0.2, 0) is 6.18 Å². The highest BCUT2D eigenvalue weighted by molar-refractivity contribution is 6.58. The average molecular weight is 274 g/mol. The Morgan fingerprint density at radius 2 is 1.84 bits per heavy atom. The minimum absolute atomic E-state index is 0.0824. The molecule has 0 spiro atoms. The van der Waals surface area contributed by atoms with E-state index in [4.69, 9.17) is 10.0 Å². The van der Waals surface area contributed by atoms with E-state index in [9.17, 15) is 13.2 Å². The summed E-state index contributed by atoms with van der Waals surface area (Å²) in [5, 5.41) is 21.3. The quantitative estimate of drug-likeness (QED) is 0.676. The zero-order valence-electron chi connectivity index (χ0n) is 10.1. The molecule has 0 bridgehead atoms. The Hall–Kier alpha value is -1.12. The highest BCUT2D eigenvalue weighted by Crippen LogP contribution is 2.30. The van der Waals surface area contributed by atoms with Crippen molar-refractivity contribution in [3.05, 3.63) is 23.5 Å². The van der Waals surface area contributed by atoms with Crippen LogP contribution in [0, 0.1) is 0 Å². The maximum absolute atomic E-state index is 12.7. The summed E-state index contributed by atoms with van der Waals surface area (Å²) in [4.78, 5) is 3.64. The first-order valence-electron chi connectivity index (χ1n) is 6.04. The molecule has 0 aromatic carbocycles. The summed E-state index contributed by atoms with van der Waals surface area (Å²) in [6.45, 7) is 1.44. The molecule has 0 aliphatic carbocycles. The monoisotopic (exact) mass is 274 g/mol. The first kappa shape index (κ1) is 14.3. The molecule has 0 unspecified atom stereocenters. The minimum Gasteiger partial charge on any atom is -0.423 e. The summed E-state index contributed by atoms with van der Waals surface area (Å²) in [7, 11) is -1.93. The van der Waals surface area contributed by atoms with Crippen LogP contribution in [0.3, 0.4) is 0 Å². The summed E-state index contributed by atoms with van der Waals surface area (Å²) < 4.78 is 38.2. The third kappa shape index (κ3) is 3.46. The van der Waals surface area contributed by atoms with Gasteiger partial charge in [0.1, 0.15) is 5.69 Å². The van der Waals surface area contributed by atoms with Gasteiger partial charge in [0, 0.05) is 11.6 Å². The SMILES string of the molecule is OB(O)c1cc(C2CCNCC2)nc(C(F)(F)F)c1. The van der Waals surface area contributed by atoms with Gasteiger partial charge >= 0.3 is 13.3 Å². The number of alkyl halides is 3. The number of aromatic nitrogens is 1. The third-order valence-electron chi connectivity index (χ3n) is 3.21. The summed E-state index contributed by atoms with van der Waals surface area (Å²) >= 11 is 0. The molecule has 1 aromatic heterocycles. The van der Waals surface area contributed by atoms with Crippen molar-refractivity contribution in [1.29, 1.82) is 0 Å². The van der Waals surface area contributed by atoms with Crippen molar-refractivity contribution in [3.63, 3.8) is 0 Å². The highest BCUT2D eigenvalue weighted by atomic mass is 19.4. The number of halogens is 3. The number of piperidine rings is 1. The molecular formula is C11H14BF3N2O2. The van der Waals surface area contributed by atoms with Crippen LogP contribution in [-0.4, -0.2) is 35.2 Å². The Bertz CT molecular complexity index is 448. The van der Waals surface area contributed by atoms with E-state index in [0.29, 0.717) is 18.9 Å². The topological polar surface area (TPSA) is 65.4 Å². The molecule has 0 amide bonds. The van der Waals surface area contributed by atoms with E-state index >= 15 is 0 Å². The van der Waals surface area contributed by atoms with Crippen molar-refractivity contribution in [3.8, 4) is 0 Å². The first-order valence-corrected chi connectivity index (χ1v) is 6.04. The van der Waals surface area contributed by atoms with E-state index in [0.717, 1.165) is 13.1 Å². The van der Waals surface area contributed by atoms with Gasteiger partial charge in [-0.25, -0.2) is 4.98 Å². The van der Waals surface area contributed by atoms with Crippen LogP contribution in [0.15, 0.2) is 12.1 Å². The number of hydrogen-bond acceptors (Lipinski definition) is 4. The van der Waals surface area contributed by atoms with Crippen LogP contribution in [0.4, 0.5) is 13.2 Å². The molecule has 3 N–H and O–H groups in total. The molecule has 1 saturated heterocycles. The molecule has 1 fully saturated rings. The predicted octanol–water partition coefficient (Wildman–Crippen LogP) is 0.247. The van der Waals surface area contributed by atoms with Crippen molar-refractivity contribution in [2.75, 3.05) is 13.1 Å². The fourth-order valence-electron chi connectivity index (χ4n) is 2.20. The van der Waals surface area contributed by atoms with E-state index in [1.54, 1.807) is 0 Å². The number of nitrogens with one attached hydrogen (secondary N) is 1. The zero-order valence-corrected chi connectivity index (χ0v) is 10.1. The molecule has 1 aliphatic rings. The molecule has 0 saturated carbocycles. The molecule has 104 valence electrons. The molecule has 1 aromatic rings. The van der Waals surface area contributed by atoms with Crippen molar-refractivity contribution in [2.45, 2.75) is 24.9 Å². The van der Waals surface area contributed by atoms with Gasteiger partial charge in [0.2, 0.25) is 0 Å². The van der Waals surface area contributed by atoms with Gasteiger partial charge in [-0.3, -0.25) is 0 Å². The molecule has 4 nitrogen and oxygen atoms in total.